The molecule has 1 saturated heterocycles. The van der Waals surface area contributed by atoms with Crippen molar-refractivity contribution in [3.63, 3.8) is 0 Å². The maximum absolute atomic E-state index is 13.2. The van der Waals surface area contributed by atoms with Crippen molar-refractivity contribution in [1.29, 1.82) is 0 Å². The quantitative estimate of drug-likeness (QED) is 0.694. The number of aryl methyl sites for hydroxylation is 1. The number of amides is 1. The minimum absolute atomic E-state index is 0.0188. The average molecular weight is 396 g/mol. The Morgan fingerprint density at radius 1 is 1.24 bits per heavy atom. The predicted octanol–water partition coefficient (Wildman–Crippen LogP) is 2.23. The van der Waals surface area contributed by atoms with Crippen molar-refractivity contribution >= 4 is 5.91 Å². The fraction of sp³-hybridized carbons (Fsp3) is 0.381. The van der Waals surface area contributed by atoms with E-state index in [1.54, 1.807) is 27.7 Å². The van der Waals surface area contributed by atoms with Gasteiger partial charge in [0.25, 0.3) is 0 Å². The van der Waals surface area contributed by atoms with E-state index in [1.165, 1.54) is 12.1 Å². The van der Waals surface area contributed by atoms with Crippen molar-refractivity contribution < 1.29 is 9.18 Å². The van der Waals surface area contributed by atoms with Crippen molar-refractivity contribution in [2.45, 2.75) is 25.8 Å². The Kier molecular flexibility index (Phi) is 5.19. The van der Waals surface area contributed by atoms with Crippen LogP contribution in [0.5, 0.6) is 0 Å². The van der Waals surface area contributed by atoms with Crippen LogP contribution in [0.25, 0.3) is 5.69 Å². The lowest BCUT2D eigenvalue weighted by atomic mass is 9.90. The predicted molar refractivity (Wildman–Crippen MR) is 107 cm³/mol. The van der Waals surface area contributed by atoms with Gasteiger partial charge >= 0.3 is 0 Å². The highest BCUT2D eigenvalue weighted by Crippen LogP contribution is 2.29. The second kappa shape index (κ2) is 7.79. The molecule has 0 saturated carbocycles. The smallest absolute Gasteiger partial charge is 0.225 e. The third-order valence-corrected chi connectivity index (χ3v) is 5.65. The van der Waals surface area contributed by atoms with Gasteiger partial charge in [-0.25, -0.2) is 9.07 Å². The first-order valence-electron chi connectivity index (χ1n) is 9.74. The van der Waals surface area contributed by atoms with Gasteiger partial charge in [-0.15, -0.1) is 0 Å². The molecule has 1 fully saturated rings. The first-order chi connectivity index (χ1) is 13.9. The van der Waals surface area contributed by atoms with Crippen LogP contribution in [0, 0.1) is 18.7 Å². The molecule has 3 aromatic rings. The molecule has 152 valence electrons. The first kappa shape index (κ1) is 19.3. The third-order valence-electron chi connectivity index (χ3n) is 5.65. The summed E-state index contributed by atoms with van der Waals surface area (Å²) < 4.78 is 16.7. The molecule has 2 N–H and O–H groups in total. The Hall–Kier alpha value is -3.00. The molecular weight excluding hydrogens is 371 g/mol. The molecule has 0 bridgehead atoms. The number of nitrogens with zero attached hydrogens (tertiary/aromatic N) is 4. The molecular formula is C21H25FN6O. The SMILES string of the molecule is Cc1c(C(C)NC(=O)[C@H]2CNC[C@@H]2c2cnn(C)c2)cnn1-c1ccc(F)cc1. The number of nitrogens with one attached hydrogen (secondary N) is 2. The molecule has 3 heterocycles. The monoisotopic (exact) mass is 396 g/mol. The van der Waals surface area contributed by atoms with Gasteiger partial charge in [0, 0.05) is 43.5 Å². The fourth-order valence-corrected chi connectivity index (χ4v) is 4.02. The Balaban J connectivity index is 1.48. The van der Waals surface area contributed by atoms with Crippen LogP contribution in [0.2, 0.25) is 0 Å². The van der Waals surface area contributed by atoms with Gasteiger partial charge in [0.05, 0.1) is 30.0 Å². The Bertz CT molecular complexity index is 1010. The van der Waals surface area contributed by atoms with Gasteiger partial charge in [0.15, 0.2) is 0 Å². The molecule has 1 aliphatic rings. The van der Waals surface area contributed by atoms with E-state index < -0.39 is 0 Å². The van der Waals surface area contributed by atoms with Gasteiger partial charge in [-0.1, -0.05) is 0 Å². The molecule has 1 unspecified atom stereocenters. The van der Waals surface area contributed by atoms with Crippen LogP contribution in [0.15, 0.2) is 42.9 Å². The summed E-state index contributed by atoms with van der Waals surface area (Å²) in [5, 5.41) is 15.1. The normalized spacial score (nSPS) is 20.0. The average Bonchev–Trinajstić information content (AvgIpc) is 3.41. The molecule has 2 aromatic heterocycles. The maximum Gasteiger partial charge on any atom is 0.225 e. The van der Waals surface area contributed by atoms with Crippen LogP contribution in [0.1, 0.15) is 35.7 Å². The molecule has 7 nitrogen and oxygen atoms in total. The van der Waals surface area contributed by atoms with Crippen LogP contribution >= 0.6 is 0 Å². The van der Waals surface area contributed by atoms with E-state index in [0.717, 1.165) is 29.1 Å². The number of rotatable bonds is 5. The number of aromatic nitrogens is 4. The Labute approximate surface area is 168 Å². The van der Waals surface area contributed by atoms with Crippen molar-refractivity contribution in [2.75, 3.05) is 13.1 Å². The number of carbonyl (C=O) groups is 1. The van der Waals surface area contributed by atoms with Gasteiger partial charge < -0.3 is 10.6 Å². The van der Waals surface area contributed by atoms with E-state index in [1.807, 2.05) is 33.3 Å². The molecule has 8 heteroatoms. The van der Waals surface area contributed by atoms with Crippen LogP contribution in [0.3, 0.4) is 0 Å². The van der Waals surface area contributed by atoms with E-state index in [2.05, 4.69) is 20.8 Å². The van der Waals surface area contributed by atoms with E-state index in [9.17, 15) is 9.18 Å². The van der Waals surface area contributed by atoms with Gasteiger partial charge in [0.2, 0.25) is 5.91 Å². The second-order valence-electron chi connectivity index (χ2n) is 7.62. The minimum atomic E-state index is -0.284. The van der Waals surface area contributed by atoms with E-state index in [-0.39, 0.29) is 29.6 Å². The van der Waals surface area contributed by atoms with Gasteiger partial charge in [-0.05, 0) is 43.7 Å². The number of hydrogen-bond acceptors (Lipinski definition) is 4. The lowest BCUT2D eigenvalue weighted by Gasteiger charge is -2.20. The Morgan fingerprint density at radius 2 is 2.00 bits per heavy atom. The van der Waals surface area contributed by atoms with Gasteiger partial charge in [-0.2, -0.15) is 10.2 Å². The van der Waals surface area contributed by atoms with Crippen LogP contribution in [-0.2, 0) is 11.8 Å². The standard InChI is InChI=1S/C21H25FN6O/c1-13(18-11-25-28(14(18)2)17-6-4-16(22)5-7-17)26-21(29)20-10-23-9-19(20)15-8-24-27(3)12-15/h4-8,11-13,19-20,23H,9-10H2,1-3H3,(H,26,29)/t13?,19-,20+/m1/s1. The second-order valence-corrected chi connectivity index (χ2v) is 7.62. The molecule has 29 heavy (non-hydrogen) atoms. The number of halogens is 1. The zero-order valence-electron chi connectivity index (χ0n) is 16.8. The summed E-state index contributed by atoms with van der Waals surface area (Å²) in [6.45, 7) is 5.31. The van der Waals surface area contributed by atoms with Crippen molar-refractivity contribution in [1.82, 2.24) is 30.2 Å². The number of hydrogen-bond donors (Lipinski definition) is 2. The van der Waals surface area contributed by atoms with Crippen molar-refractivity contribution in [2.24, 2.45) is 13.0 Å². The summed E-state index contributed by atoms with van der Waals surface area (Å²) in [5.41, 5.74) is 3.71. The summed E-state index contributed by atoms with van der Waals surface area (Å²) in [7, 11) is 1.88. The highest BCUT2D eigenvalue weighted by molar-refractivity contribution is 5.81. The highest BCUT2D eigenvalue weighted by Gasteiger charge is 2.35. The van der Waals surface area contributed by atoms with Crippen molar-refractivity contribution in [3.8, 4) is 5.69 Å². The molecule has 4 rings (SSSR count). The zero-order valence-corrected chi connectivity index (χ0v) is 16.8. The lowest BCUT2D eigenvalue weighted by Crippen LogP contribution is -2.36. The molecule has 1 amide bonds. The molecule has 1 aromatic carbocycles. The van der Waals surface area contributed by atoms with Crippen LogP contribution < -0.4 is 10.6 Å². The first-order valence-corrected chi connectivity index (χ1v) is 9.74. The summed E-state index contributed by atoms with van der Waals surface area (Å²) in [5.74, 6) is -0.300. The highest BCUT2D eigenvalue weighted by atomic mass is 19.1. The molecule has 3 atom stereocenters. The Morgan fingerprint density at radius 3 is 2.69 bits per heavy atom. The van der Waals surface area contributed by atoms with E-state index in [4.69, 9.17) is 0 Å². The van der Waals surface area contributed by atoms with Gasteiger partial charge in [-0.3, -0.25) is 9.48 Å². The summed E-state index contributed by atoms with van der Waals surface area (Å²) in [4.78, 5) is 13.0. The summed E-state index contributed by atoms with van der Waals surface area (Å²) >= 11 is 0. The third kappa shape index (κ3) is 3.80. The van der Waals surface area contributed by atoms with E-state index in [0.29, 0.717) is 6.54 Å². The molecule has 0 aliphatic carbocycles. The number of carbonyl (C=O) groups excluding carboxylic acids is 1. The summed E-state index contributed by atoms with van der Waals surface area (Å²) in [6, 6.07) is 6.00. The minimum Gasteiger partial charge on any atom is -0.349 e. The van der Waals surface area contributed by atoms with Gasteiger partial charge in [0.1, 0.15) is 5.82 Å². The van der Waals surface area contributed by atoms with Crippen LogP contribution in [0.4, 0.5) is 4.39 Å². The fourth-order valence-electron chi connectivity index (χ4n) is 4.02. The summed E-state index contributed by atoms with van der Waals surface area (Å²) in [6.07, 6.45) is 5.56. The van der Waals surface area contributed by atoms with Crippen LogP contribution in [-0.4, -0.2) is 38.6 Å². The largest absolute Gasteiger partial charge is 0.349 e. The number of benzene rings is 1. The maximum atomic E-state index is 13.2. The lowest BCUT2D eigenvalue weighted by molar-refractivity contribution is -0.125. The van der Waals surface area contributed by atoms with Crippen molar-refractivity contribution in [3.05, 3.63) is 65.5 Å². The van der Waals surface area contributed by atoms with E-state index >= 15 is 0 Å². The topological polar surface area (TPSA) is 76.8 Å². The molecule has 0 radical (unpaired) electrons. The zero-order chi connectivity index (χ0) is 20.5. The molecule has 0 spiro atoms. The molecule has 1 aliphatic heterocycles.